The first kappa shape index (κ1) is 15.5. The standard InChI is InChI=1S/C18H18N2O2S/c1-3-19(13-9-6-5-7-10-13)16-15(14-11-8-12-23-14)17(21)20(4-2)18(16)22/h5-12H,3-4H2,1-2H3. The SMILES string of the molecule is CCN1C(=O)C(c2cccs2)=C(N(CC)c2ccccc2)C1=O. The summed E-state index contributed by atoms with van der Waals surface area (Å²) in [6.45, 7) is 4.80. The lowest BCUT2D eigenvalue weighted by Gasteiger charge is -2.24. The molecule has 1 aliphatic heterocycles. The van der Waals surface area contributed by atoms with Crippen LogP contribution in [0.5, 0.6) is 0 Å². The average Bonchev–Trinajstić information content (AvgIpc) is 3.17. The molecule has 0 saturated carbocycles. The number of hydrogen-bond acceptors (Lipinski definition) is 4. The van der Waals surface area contributed by atoms with Crippen LogP contribution in [0.1, 0.15) is 18.7 Å². The van der Waals surface area contributed by atoms with Crippen LogP contribution in [0.25, 0.3) is 5.57 Å². The second kappa shape index (κ2) is 6.38. The number of carbonyl (C=O) groups is 2. The first-order valence-electron chi connectivity index (χ1n) is 7.66. The molecular formula is C18H18N2O2S. The highest BCUT2D eigenvalue weighted by atomic mass is 32.1. The van der Waals surface area contributed by atoms with Crippen molar-refractivity contribution in [2.45, 2.75) is 13.8 Å². The van der Waals surface area contributed by atoms with Gasteiger partial charge >= 0.3 is 0 Å². The maximum Gasteiger partial charge on any atom is 0.278 e. The number of carbonyl (C=O) groups excluding carboxylic acids is 2. The Bertz CT molecular complexity index is 751. The van der Waals surface area contributed by atoms with Crippen molar-refractivity contribution < 1.29 is 9.59 Å². The van der Waals surface area contributed by atoms with Crippen molar-refractivity contribution in [2.24, 2.45) is 0 Å². The first-order valence-corrected chi connectivity index (χ1v) is 8.53. The fourth-order valence-corrected chi connectivity index (χ4v) is 3.58. The first-order chi connectivity index (χ1) is 11.2. The molecule has 4 nitrogen and oxygen atoms in total. The van der Waals surface area contributed by atoms with Gasteiger partial charge < -0.3 is 4.90 Å². The van der Waals surface area contributed by atoms with Crippen LogP contribution < -0.4 is 4.90 Å². The Kier molecular flexibility index (Phi) is 4.30. The van der Waals surface area contributed by atoms with Crippen LogP contribution in [0.4, 0.5) is 5.69 Å². The molecule has 5 heteroatoms. The molecule has 1 aliphatic rings. The van der Waals surface area contributed by atoms with Gasteiger partial charge in [0, 0.05) is 23.7 Å². The van der Waals surface area contributed by atoms with Gasteiger partial charge in [0.2, 0.25) is 0 Å². The summed E-state index contributed by atoms with van der Waals surface area (Å²) in [6.07, 6.45) is 0. The van der Waals surface area contributed by atoms with E-state index in [1.807, 2.05) is 66.6 Å². The summed E-state index contributed by atoms with van der Waals surface area (Å²) in [4.78, 5) is 29.6. The summed E-state index contributed by atoms with van der Waals surface area (Å²) < 4.78 is 0. The monoisotopic (exact) mass is 326 g/mol. The van der Waals surface area contributed by atoms with Gasteiger partial charge in [0.15, 0.2) is 0 Å². The van der Waals surface area contributed by atoms with Gasteiger partial charge in [0.25, 0.3) is 11.8 Å². The number of benzene rings is 1. The van der Waals surface area contributed by atoms with Crippen LogP contribution in [0.3, 0.4) is 0 Å². The van der Waals surface area contributed by atoms with E-state index in [4.69, 9.17) is 0 Å². The highest BCUT2D eigenvalue weighted by molar-refractivity contribution is 7.11. The van der Waals surface area contributed by atoms with E-state index < -0.39 is 0 Å². The molecule has 0 N–H and O–H groups in total. The van der Waals surface area contributed by atoms with E-state index in [0.717, 1.165) is 10.6 Å². The molecule has 0 bridgehead atoms. The summed E-state index contributed by atoms with van der Waals surface area (Å²) in [7, 11) is 0. The van der Waals surface area contributed by atoms with E-state index in [1.165, 1.54) is 16.2 Å². The zero-order valence-electron chi connectivity index (χ0n) is 13.2. The third-order valence-corrected chi connectivity index (χ3v) is 4.77. The topological polar surface area (TPSA) is 40.6 Å². The van der Waals surface area contributed by atoms with Crippen molar-refractivity contribution >= 4 is 34.4 Å². The summed E-state index contributed by atoms with van der Waals surface area (Å²) in [5.74, 6) is -0.420. The molecule has 0 atom stereocenters. The normalized spacial score (nSPS) is 14.8. The van der Waals surface area contributed by atoms with Gasteiger partial charge in [0.1, 0.15) is 5.70 Å². The van der Waals surface area contributed by atoms with Gasteiger partial charge in [-0.1, -0.05) is 24.3 Å². The minimum atomic E-state index is -0.216. The van der Waals surface area contributed by atoms with E-state index >= 15 is 0 Å². The molecule has 0 saturated heterocycles. The number of nitrogens with zero attached hydrogens (tertiary/aromatic N) is 2. The maximum atomic E-state index is 12.8. The smallest absolute Gasteiger partial charge is 0.278 e. The largest absolute Gasteiger partial charge is 0.337 e. The average molecular weight is 326 g/mol. The molecule has 2 heterocycles. The number of rotatable bonds is 5. The van der Waals surface area contributed by atoms with Gasteiger partial charge in [-0.15, -0.1) is 11.3 Å². The molecule has 0 fully saturated rings. The molecular weight excluding hydrogens is 308 g/mol. The molecule has 3 rings (SSSR count). The maximum absolute atomic E-state index is 12.8. The van der Waals surface area contributed by atoms with Crippen LogP contribution in [0, 0.1) is 0 Å². The molecule has 0 radical (unpaired) electrons. The molecule has 0 spiro atoms. The predicted octanol–water partition coefficient (Wildman–Crippen LogP) is 3.37. The van der Waals surface area contributed by atoms with E-state index in [9.17, 15) is 9.59 Å². The number of likely N-dealkylation sites (N-methyl/N-ethyl adjacent to an activating group) is 2. The fraction of sp³-hybridized carbons (Fsp3) is 0.222. The highest BCUT2D eigenvalue weighted by Gasteiger charge is 2.41. The van der Waals surface area contributed by atoms with Crippen molar-refractivity contribution in [2.75, 3.05) is 18.0 Å². The van der Waals surface area contributed by atoms with Crippen molar-refractivity contribution in [3.8, 4) is 0 Å². The number of imide groups is 1. The van der Waals surface area contributed by atoms with Crippen LogP contribution in [0.15, 0.2) is 53.5 Å². The van der Waals surface area contributed by atoms with Gasteiger partial charge in [-0.3, -0.25) is 14.5 Å². The lowest BCUT2D eigenvalue weighted by molar-refractivity contribution is -0.136. The molecule has 0 aliphatic carbocycles. The number of para-hydroxylation sites is 1. The zero-order valence-corrected chi connectivity index (χ0v) is 14.0. The van der Waals surface area contributed by atoms with Gasteiger partial charge in [-0.05, 0) is 37.4 Å². The Hall–Kier alpha value is -2.40. The van der Waals surface area contributed by atoms with Crippen molar-refractivity contribution in [3.05, 3.63) is 58.4 Å². The van der Waals surface area contributed by atoms with Crippen molar-refractivity contribution in [3.63, 3.8) is 0 Å². The third-order valence-electron chi connectivity index (χ3n) is 3.88. The third kappa shape index (κ3) is 2.57. The zero-order chi connectivity index (χ0) is 16.4. The summed E-state index contributed by atoms with van der Waals surface area (Å²) >= 11 is 1.48. The van der Waals surface area contributed by atoms with E-state index in [-0.39, 0.29) is 11.8 Å². The fourth-order valence-electron chi connectivity index (χ4n) is 2.82. The van der Waals surface area contributed by atoms with E-state index in [2.05, 4.69) is 0 Å². The van der Waals surface area contributed by atoms with Gasteiger partial charge in [-0.2, -0.15) is 0 Å². The number of anilines is 1. The van der Waals surface area contributed by atoms with E-state index in [0.29, 0.717) is 24.4 Å². The Morgan fingerprint density at radius 3 is 2.30 bits per heavy atom. The molecule has 0 unspecified atom stereocenters. The Labute approximate surface area is 139 Å². The predicted molar refractivity (Wildman–Crippen MR) is 93.1 cm³/mol. The molecule has 2 amide bonds. The van der Waals surface area contributed by atoms with Gasteiger partial charge in [0.05, 0.1) is 5.57 Å². The van der Waals surface area contributed by atoms with Gasteiger partial charge in [-0.25, -0.2) is 0 Å². The molecule has 1 aromatic heterocycles. The molecule has 118 valence electrons. The Morgan fingerprint density at radius 2 is 1.74 bits per heavy atom. The summed E-state index contributed by atoms with van der Waals surface area (Å²) in [5, 5.41) is 1.92. The number of amides is 2. The number of thiophene rings is 1. The van der Waals surface area contributed by atoms with Crippen LogP contribution in [-0.2, 0) is 9.59 Å². The lowest BCUT2D eigenvalue weighted by atomic mass is 10.1. The van der Waals surface area contributed by atoms with Crippen LogP contribution in [0.2, 0.25) is 0 Å². The second-order valence-corrected chi connectivity index (χ2v) is 6.08. The minimum Gasteiger partial charge on any atom is -0.337 e. The van der Waals surface area contributed by atoms with Crippen LogP contribution in [-0.4, -0.2) is 29.8 Å². The molecule has 2 aromatic rings. The van der Waals surface area contributed by atoms with Crippen molar-refractivity contribution in [1.82, 2.24) is 4.90 Å². The molecule has 1 aromatic carbocycles. The summed E-state index contributed by atoms with van der Waals surface area (Å²) in [5.41, 5.74) is 1.91. The Morgan fingerprint density at radius 1 is 1.00 bits per heavy atom. The van der Waals surface area contributed by atoms with Crippen LogP contribution >= 0.6 is 11.3 Å². The number of hydrogen-bond donors (Lipinski definition) is 0. The lowest BCUT2D eigenvalue weighted by Crippen LogP contribution is -2.35. The van der Waals surface area contributed by atoms with Crippen molar-refractivity contribution in [1.29, 1.82) is 0 Å². The van der Waals surface area contributed by atoms with E-state index in [1.54, 1.807) is 0 Å². The quantitative estimate of drug-likeness (QED) is 0.791. The molecule has 23 heavy (non-hydrogen) atoms. The minimum absolute atomic E-state index is 0.204. The highest BCUT2D eigenvalue weighted by Crippen LogP contribution is 2.35. The second-order valence-electron chi connectivity index (χ2n) is 5.14. The Balaban J connectivity index is 2.18. The summed E-state index contributed by atoms with van der Waals surface area (Å²) in [6, 6.07) is 13.5.